The van der Waals surface area contributed by atoms with Crippen LogP contribution in [0, 0.1) is 0 Å². The van der Waals surface area contributed by atoms with E-state index < -0.39 is 0 Å². The summed E-state index contributed by atoms with van der Waals surface area (Å²) in [5.41, 5.74) is 1.13. The molecule has 0 bridgehead atoms. The van der Waals surface area contributed by atoms with E-state index in [4.69, 9.17) is 9.72 Å². The molecule has 1 aliphatic heterocycles. The third-order valence-corrected chi connectivity index (χ3v) is 4.57. The Kier molecular flexibility index (Phi) is 4.72. The molecule has 1 aliphatic rings. The van der Waals surface area contributed by atoms with Gasteiger partial charge in [-0.05, 0) is 33.7 Å². The fraction of sp³-hybridized carbons (Fsp3) is 0.800. The van der Waals surface area contributed by atoms with Crippen molar-refractivity contribution in [2.45, 2.75) is 58.8 Å². The molecule has 1 aromatic rings. The Morgan fingerprint density at radius 1 is 1.50 bits per heavy atom. The van der Waals surface area contributed by atoms with Crippen LogP contribution in [0.3, 0.4) is 0 Å². The summed E-state index contributed by atoms with van der Waals surface area (Å²) in [5.74, 6) is 0.467. The molecule has 1 unspecified atom stereocenters. The van der Waals surface area contributed by atoms with Crippen LogP contribution < -0.4 is 10.2 Å². The smallest absolute Gasteiger partial charge is 0.186 e. The van der Waals surface area contributed by atoms with Crippen molar-refractivity contribution in [2.75, 3.05) is 25.0 Å². The van der Waals surface area contributed by atoms with E-state index in [1.807, 2.05) is 18.4 Å². The van der Waals surface area contributed by atoms with Crippen molar-refractivity contribution in [1.29, 1.82) is 0 Å². The first kappa shape index (κ1) is 15.7. The molecule has 5 heteroatoms. The number of hydrogen-bond donors (Lipinski definition) is 1. The van der Waals surface area contributed by atoms with Crippen molar-refractivity contribution in [1.82, 2.24) is 10.3 Å². The zero-order valence-corrected chi connectivity index (χ0v) is 14.3. The number of nitrogens with zero attached hydrogens (tertiary/aromatic N) is 2. The lowest BCUT2D eigenvalue weighted by molar-refractivity contribution is -0.0749. The molecule has 2 rings (SSSR count). The fourth-order valence-electron chi connectivity index (χ4n) is 2.82. The molecular formula is C15H27N3OS. The van der Waals surface area contributed by atoms with E-state index in [1.165, 1.54) is 10.6 Å². The number of ether oxygens (including phenoxy) is 1. The minimum atomic E-state index is -0.107. The molecule has 1 fully saturated rings. The highest BCUT2D eigenvalue weighted by molar-refractivity contribution is 7.15. The van der Waals surface area contributed by atoms with E-state index in [0.717, 1.165) is 24.8 Å². The monoisotopic (exact) mass is 297 g/mol. The molecule has 114 valence electrons. The second-order valence-electron chi connectivity index (χ2n) is 6.56. The standard InChI is InChI=1S/C15H27N3OS/c1-10(2)13-12(7-16-6)20-14(17-13)18-8-11(3)19-15(4,5)9-18/h10-11,16H,7-9H2,1-6H3. The summed E-state index contributed by atoms with van der Waals surface area (Å²) in [7, 11) is 1.99. The van der Waals surface area contributed by atoms with Gasteiger partial charge >= 0.3 is 0 Å². The van der Waals surface area contributed by atoms with Crippen LogP contribution in [0.25, 0.3) is 0 Å². The van der Waals surface area contributed by atoms with Gasteiger partial charge in [0, 0.05) is 24.5 Å². The molecule has 1 saturated heterocycles. The van der Waals surface area contributed by atoms with E-state index in [2.05, 4.69) is 44.8 Å². The highest BCUT2D eigenvalue weighted by Gasteiger charge is 2.33. The molecule has 0 amide bonds. The van der Waals surface area contributed by atoms with Gasteiger partial charge in [-0.25, -0.2) is 4.98 Å². The summed E-state index contributed by atoms with van der Waals surface area (Å²) in [6.45, 7) is 13.6. The van der Waals surface area contributed by atoms with Gasteiger partial charge in [-0.3, -0.25) is 0 Å². The average molecular weight is 297 g/mol. The molecule has 1 N–H and O–H groups in total. The SMILES string of the molecule is CNCc1sc(N2CC(C)OC(C)(C)C2)nc1C(C)C. The zero-order chi connectivity index (χ0) is 14.9. The molecular weight excluding hydrogens is 270 g/mol. The number of morpholine rings is 1. The summed E-state index contributed by atoms with van der Waals surface area (Å²) in [6, 6.07) is 0. The van der Waals surface area contributed by atoms with E-state index in [1.54, 1.807) is 0 Å². The van der Waals surface area contributed by atoms with Gasteiger partial charge in [0.1, 0.15) is 0 Å². The van der Waals surface area contributed by atoms with Crippen molar-refractivity contribution in [3.05, 3.63) is 10.6 Å². The number of anilines is 1. The van der Waals surface area contributed by atoms with Gasteiger partial charge < -0.3 is 15.0 Å². The molecule has 1 aromatic heterocycles. The second kappa shape index (κ2) is 6.00. The number of hydrogen-bond acceptors (Lipinski definition) is 5. The number of thiazole rings is 1. The maximum absolute atomic E-state index is 5.98. The van der Waals surface area contributed by atoms with E-state index in [9.17, 15) is 0 Å². The quantitative estimate of drug-likeness (QED) is 0.927. The first-order valence-electron chi connectivity index (χ1n) is 7.39. The van der Waals surface area contributed by atoms with Gasteiger partial charge in [-0.15, -0.1) is 11.3 Å². The van der Waals surface area contributed by atoms with Gasteiger partial charge in [0.05, 0.1) is 17.4 Å². The number of rotatable bonds is 4. The highest BCUT2D eigenvalue weighted by Crippen LogP contribution is 2.33. The second-order valence-corrected chi connectivity index (χ2v) is 7.62. The molecule has 0 saturated carbocycles. The summed E-state index contributed by atoms with van der Waals surface area (Å²) >= 11 is 1.82. The van der Waals surface area contributed by atoms with Crippen LogP contribution in [0.2, 0.25) is 0 Å². The molecule has 2 heterocycles. The summed E-state index contributed by atoms with van der Waals surface area (Å²) < 4.78 is 5.98. The van der Waals surface area contributed by atoms with E-state index in [-0.39, 0.29) is 11.7 Å². The molecule has 0 radical (unpaired) electrons. The maximum Gasteiger partial charge on any atom is 0.186 e. The predicted molar refractivity (Wildman–Crippen MR) is 85.8 cm³/mol. The Balaban J connectivity index is 2.26. The zero-order valence-electron chi connectivity index (χ0n) is 13.5. The first-order chi connectivity index (χ1) is 9.32. The fourth-order valence-corrected chi connectivity index (χ4v) is 4.06. The molecule has 0 spiro atoms. The van der Waals surface area contributed by atoms with Gasteiger partial charge in [0.25, 0.3) is 0 Å². The average Bonchev–Trinajstić information content (AvgIpc) is 2.71. The largest absolute Gasteiger partial charge is 0.369 e. The molecule has 0 aromatic carbocycles. The lowest BCUT2D eigenvalue weighted by Crippen LogP contribution is -2.52. The van der Waals surface area contributed by atoms with Crippen molar-refractivity contribution >= 4 is 16.5 Å². The van der Waals surface area contributed by atoms with Crippen LogP contribution in [-0.4, -0.2) is 36.8 Å². The third-order valence-electron chi connectivity index (χ3n) is 3.44. The Hall–Kier alpha value is -0.650. The van der Waals surface area contributed by atoms with Gasteiger partial charge in [-0.1, -0.05) is 13.8 Å². The summed E-state index contributed by atoms with van der Waals surface area (Å²) in [5, 5.41) is 4.39. The van der Waals surface area contributed by atoms with E-state index >= 15 is 0 Å². The van der Waals surface area contributed by atoms with Crippen LogP contribution >= 0.6 is 11.3 Å². The first-order valence-corrected chi connectivity index (χ1v) is 8.21. The highest BCUT2D eigenvalue weighted by atomic mass is 32.1. The lowest BCUT2D eigenvalue weighted by atomic mass is 10.1. The Morgan fingerprint density at radius 3 is 2.75 bits per heavy atom. The van der Waals surface area contributed by atoms with Gasteiger partial charge in [0.2, 0.25) is 0 Å². The van der Waals surface area contributed by atoms with Crippen LogP contribution in [0.4, 0.5) is 5.13 Å². The maximum atomic E-state index is 5.98. The topological polar surface area (TPSA) is 37.4 Å². The molecule has 0 aliphatic carbocycles. The summed E-state index contributed by atoms with van der Waals surface area (Å²) in [6.07, 6.45) is 0.248. The Bertz CT molecular complexity index is 456. The lowest BCUT2D eigenvalue weighted by Gasteiger charge is -2.41. The number of aromatic nitrogens is 1. The normalized spacial score (nSPS) is 22.6. The van der Waals surface area contributed by atoms with Gasteiger partial charge in [-0.2, -0.15) is 0 Å². The van der Waals surface area contributed by atoms with Crippen molar-refractivity contribution in [2.24, 2.45) is 0 Å². The molecule has 4 nitrogen and oxygen atoms in total. The van der Waals surface area contributed by atoms with Crippen molar-refractivity contribution < 1.29 is 4.74 Å². The van der Waals surface area contributed by atoms with Crippen molar-refractivity contribution in [3.8, 4) is 0 Å². The van der Waals surface area contributed by atoms with E-state index in [0.29, 0.717) is 5.92 Å². The number of nitrogens with one attached hydrogen (secondary N) is 1. The van der Waals surface area contributed by atoms with Crippen LogP contribution in [0.15, 0.2) is 0 Å². The minimum Gasteiger partial charge on any atom is -0.369 e. The van der Waals surface area contributed by atoms with Crippen LogP contribution in [0.5, 0.6) is 0 Å². The molecule has 1 atom stereocenters. The van der Waals surface area contributed by atoms with Crippen molar-refractivity contribution in [3.63, 3.8) is 0 Å². The predicted octanol–water partition coefficient (Wildman–Crippen LogP) is 2.99. The third kappa shape index (κ3) is 3.51. The minimum absolute atomic E-state index is 0.107. The Labute approximate surface area is 126 Å². The molecule has 20 heavy (non-hydrogen) atoms. The van der Waals surface area contributed by atoms with Crippen LogP contribution in [-0.2, 0) is 11.3 Å². The summed E-state index contributed by atoms with van der Waals surface area (Å²) in [4.78, 5) is 8.64. The van der Waals surface area contributed by atoms with Gasteiger partial charge in [0.15, 0.2) is 5.13 Å². The van der Waals surface area contributed by atoms with Crippen LogP contribution in [0.1, 0.15) is 51.1 Å². The Morgan fingerprint density at radius 2 is 2.20 bits per heavy atom.